The number of likely N-dealkylation sites (tertiary alicyclic amines) is 1. The third-order valence-electron chi connectivity index (χ3n) is 6.03. The minimum atomic E-state index is -0.539. The number of anilines is 1. The molecule has 2 bridgehead atoms. The van der Waals surface area contributed by atoms with E-state index in [0.717, 1.165) is 11.3 Å². The Morgan fingerprint density at radius 1 is 1.07 bits per heavy atom. The highest BCUT2D eigenvalue weighted by atomic mass is 16.7. The topological polar surface area (TPSA) is 102 Å². The number of imide groups is 1. The van der Waals surface area contributed by atoms with E-state index in [-0.39, 0.29) is 65.9 Å². The molecule has 1 aromatic carbocycles. The van der Waals surface area contributed by atoms with E-state index in [1.54, 1.807) is 0 Å². The monoisotopic (exact) mass is 382 g/mol. The van der Waals surface area contributed by atoms with Crippen LogP contribution in [0.5, 0.6) is 11.5 Å². The molecule has 2 fully saturated rings. The lowest BCUT2D eigenvalue weighted by Gasteiger charge is -2.17. The molecule has 5 rings (SSSR count). The van der Waals surface area contributed by atoms with Gasteiger partial charge >= 0.3 is 0 Å². The summed E-state index contributed by atoms with van der Waals surface area (Å²) in [5.41, 5.74) is 0.540. The van der Waals surface area contributed by atoms with Gasteiger partial charge in [-0.25, -0.2) is 0 Å². The number of carbonyl (C=O) groups excluding carboxylic acids is 4. The minimum Gasteiger partial charge on any atom is -0.454 e. The molecule has 0 aromatic heterocycles. The van der Waals surface area contributed by atoms with Crippen LogP contribution in [0.2, 0.25) is 0 Å². The molecule has 1 N–H and O–H groups in total. The molecule has 4 aliphatic rings. The summed E-state index contributed by atoms with van der Waals surface area (Å²) in [4.78, 5) is 51.0. The maximum atomic E-state index is 12.7. The Hall–Kier alpha value is -3.16. The van der Waals surface area contributed by atoms with Crippen LogP contribution in [0.1, 0.15) is 23.7 Å². The Balaban J connectivity index is 1.34. The Morgan fingerprint density at radius 3 is 2.29 bits per heavy atom. The highest BCUT2D eigenvalue weighted by molar-refractivity contribution is 6.10. The number of benzene rings is 1. The van der Waals surface area contributed by atoms with Gasteiger partial charge in [0.15, 0.2) is 17.3 Å². The Labute approximate surface area is 160 Å². The number of ether oxygens (including phenoxy) is 2. The summed E-state index contributed by atoms with van der Waals surface area (Å²) in [5, 5.41) is 2.64. The van der Waals surface area contributed by atoms with Gasteiger partial charge in [0, 0.05) is 11.6 Å². The summed E-state index contributed by atoms with van der Waals surface area (Å²) in [5.74, 6) is -0.978. The molecule has 2 heterocycles. The SMILES string of the molecule is CC(=O)c1cc2c(cc1NC(=O)CN1C(=O)[C@@H]3[C@@H](C1=O)[C@H]1C=C[C@H]3C1)OCO2. The number of allylic oxidation sites excluding steroid dienone is 2. The second-order valence-electron chi connectivity index (χ2n) is 7.62. The number of ketones is 1. The predicted octanol–water partition coefficient (Wildman–Crippen LogP) is 1.36. The van der Waals surface area contributed by atoms with Crippen LogP contribution in [0.4, 0.5) is 5.69 Å². The molecule has 0 spiro atoms. The van der Waals surface area contributed by atoms with Gasteiger partial charge in [-0.05, 0) is 31.2 Å². The summed E-state index contributed by atoms with van der Waals surface area (Å²) in [6.07, 6.45) is 4.85. The fraction of sp³-hybridized carbons (Fsp3) is 0.400. The fourth-order valence-corrected chi connectivity index (χ4v) is 4.79. The van der Waals surface area contributed by atoms with Crippen molar-refractivity contribution in [3.63, 3.8) is 0 Å². The average Bonchev–Trinajstić information content (AvgIpc) is 3.41. The van der Waals surface area contributed by atoms with Crippen LogP contribution in [0.15, 0.2) is 24.3 Å². The van der Waals surface area contributed by atoms with Gasteiger partial charge in [0.05, 0.1) is 17.5 Å². The van der Waals surface area contributed by atoms with Gasteiger partial charge in [-0.1, -0.05) is 12.2 Å². The molecule has 0 radical (unpaired) electrons. The van der Waals surface area contributed by atoms with Crippen molar-refractivity contribution in [3.8, 4) is 11.5 Å². The summed E-state index contributed by atoms with van der Waals surface area (Å²) < 4.78 is 10.6. The Morgan fingerprint density at radius 2 is 1.68 bits per heavy atom. The van der Waals surface area contributed by atoms with Crippen molar-refractivity contribution in [2.75, 3.05) is 18.7 Å². The second kappa shape index (κ2) is 5.92. The van der Waals surface area contributed by atoms with Crippen molar-refractivity contribution < 1.29 is 28.7 Å². The van der Waals surface area contributed by atoms with Gasteiger partial charge in [0.1, 0.15) is 6.54 Å². The number of hydrogen-bond donors (Lipinski definition) is 1. The highest BCUT2D eigenvalue weighted by Gasteiger charge is 2.59. The first-order valence-corrected chi connectivity index (χ1v) is 9.22. The Kier molecular flexibility index (Phi) is 3.59. The van der Waals surface area contributed by atoms with Crippen LogP contribution in [0, 0.1) is 23.7 Å². The second-order valence-corrected chi connectivity index (χ2v) is 7.62. The third-order valence-corrected chi connectivity index (χ3v) is 6.03. The van der Waals surface area contributed by atoms with Gasteiger partial charge in [-0.3, -0.25) is 24.1 Å². The van der Waals surface area contributed by atoms with Crippen LogP contribution < -0.4 is 14.8 Å². The zero-order chi connectivity index (χ0) is 19.6. The highest BCUT2D eigenvalue weighted by Crippen LogP contribution is 2.52. The number of carbonyl (C=O) groups is 4. The van der Waals surface area contributed by atoms with Gasteiger partial charge in [-0.2, -0.15) is 0 Å². The Bertz CT molecular complexity index is 938. The molecule has 1 saturated heterocycles. The van der Waals surface area contributed by atoms with E-state index < -0.39 is 5.91 Å². The molecule has 1 saturated carbocycles. The van der Waals surface area contributed by atoms with E-state index in [0.29, 0.717) is 11.5 Å². The number of amides is 3. The molecular formula is C20H18N2O6. The molecule has 1 aromatic rings. The number of rotatable bonds is 4. The number of Topliss-reactive ketones (excluding diaryl/α,β-unsaturated/α-hetero) is 1. The van der Waals surface area contributed by atoms with Crippen molar-refractivity contribution >= 4 is 29.2 Å². The standard InChI is InChI=1S/C20H18N2O6/c1-9(23)12-5-14-15(28-8-27-14)6-13(12)21-16(24)7-22-19(25)17-10-2-3-11(4-10)18(17)20(22)26/h2-3,5-6,10-11,17-18H,4,7-8H2,1H3,(H,21,24)/t10-,11-,17-,18-/m0/s1. The van der Waals surface area contributed by atoms with Gasteiger partial charge in [0.2, 0.25) is 24.5 Å². The molecule has 8 heteroatoms. The van der Waals surface area contributed by atoms with Gasteiger partial charge in [-0.15, -0.1) is 0 Å². The number of nitrogens with one attached hydrogen (secondary N) is 1. The van der Waals surface area contributed by atoms with E-state index in [4.69, 9.17) is 9.47 Å². The minimum absolute atomic E-state index is 0.0417. The molecule has 8 nitrogen and oxygen atoms in total. The maximum absolute atomic E-state index is 12.7. The largest absolute Gasteiger partial charge is 0.454 e. The smallest absolute Gasteiger partial charge is 0.244 e. The van der Waals surface area contributed by atoms with Gasteiger partial charge in [0.25, 0.3) is 0 Å². The first-order chi connectivity index (χ1) is 13.4. The van der Waals surface area contributed by atoms with Crippen LogP contribution in [-0.4, -0.2) is 41.7 Å². The molecule has 4 atom stereocenters. The van der Waals surface area contributed by atoms with E-state index in [9.17, 15) is 19.2 Å². The van der Waals surface area contributed by atoms with Crippen LogP contribution >= 0.6 is 0 Å². The summed E-state index contributed by atoms with van der Waals surface area (Å²) >= 11 is 0. The van der Waals surface area contributed by atoms with Crippen LogP contribution in [0.25, 0.3) is 0 Å². The molecule has 2 aliphatic heterocycles. The van der Waals surface area contributed by atoms with Crippen LogP contribution in [0.3, 0.4) is 0 Å². The summed E-state index contributed by atoms with van der Waals surface area (Å²) in [6.45, 7) is 1.06. The van der Waals surface area contributed by atoms with Gasteiger partial charge < -0.3 is 14.8 Å². The molecule has 2 aliphatic carbocycles. The first-order valence-electron chi connectivity index (χ1n) is 9.22. The molecule has 144 valence electrons. The molecule has 0 unspecified atom stereocenters. The normalized spacial score (nSPS) is 28.8. The van der Waals surface area contributed by atoms with Crippen LogP contribution in [-0.2, 0) is 14.4 Å². The summed E-state index contributed by atoms with van der Waals surface area (Å²) in [6, 6.07) is 3.03. The van der Waals surface area contributed by atoms with E-state index >= 15 is 0 Å². The molecule has 3 amide bonds. The quantitative estimate of drug-likeness (QED) is 0.479. The molecular weight excluding hydrogens is 364 g/mol. The zero-order valence-electron chi connectivity index (χ0n) is 15.1. The van der Waals surface area contributed by atoms with E-state index in [2.05, 4.69) is 5.32 Å². The van der Waals surface area contributed by atoms with Crippen molar-refractivity contribution in [3.05, 3.63) is 29.8 Å². The number of nitrogens with zero attached hydrogens (tertiary/aromatic N) is 1. The lowest BCUT2D eigenvalue weighted by molar-refractivity contribution is -0.143. The summed E-state index contributed by atoms with van der Waals surface area (Å²) in [7, 11) is 0. The number of fused-ring (bicyclic) bond motifs is 6. The first kappa shape index (κ1) is 17.0. The van der Waals surface area contributed by atoms with E-state index in [1.807, 2.05) is 12.2 Å². The average molecular weight is 382 g/mol. The van der Waals surface area contributed by atoms with E-state index in [1.165, 1.54) is 19.1 Å². The van der Waals surface area contributed by atoms with Crippen molar-refractivity contribution in [1.82, 2.24) is 4.90 Å². The lowest BCUT2D eigenvalue weighted by Crippen LogP contribution is -2.39. The zero-order valence-corrected chi connectivity index (χ0v) is 15.1. The van der Waals surface area contributed by atoms with Crippen molar-refractivity contribution in [2.45, 2.75) is 13.3 Å². The lowest BCUT2D eigenvalue weighted by atomic mass is 9.85. The predicted molar refractivity (Wildman–Crippen MR) is 95.6 cm³/mol. The fourth-order valence-electron chi connectivity index (χ4n) is 4.79. The van der Waals surface area contributed by atoms with Crippen molar-refractivity contribution in [2.24, 2.45) is 23.7 Å². The maximum Gasteiger partial charge on any atom is 0.244 e. The third kappa shape index (κ3) is 2.37. The number of hydrogen-bond acceptors (Lipinski definition) is 6. The van der Waals surface area contributed by atoms with Crippen molar-refractivity contribution in [1.29, 1.82) is 0 Å². The molecule has 28 heavy (non-hydrogen) atoms.